The third-order valence-electron chi connectivity index (χ3n) is 2.97. The van der Waals surface area contributed by atoms with Gasteiger partial charge in [0.25, 0.3) is 0 Å². The second kappa shape index (κ2) is 4.51. The van der Waals surface area contributed by atoms with Gasteiger partial charge < -0.3 is 5.73 Å². The molecular formula is C9H19N3OS. The van der Waals surface area contributed by atoms with Crippen LogP contribution < -0.4 is 5.73 Å². The first-order valence-corrected chi connectivity index (χ1v) is 5.50. The van der Waals surface area contributed by atoms with Gasteiger partial charge >= 0.3 is 0 Å². The van der Waals surface area contributed by atoms with E-state index in [2.05, 4.69) is 22.4 Å². The molecule has 0 aromatic rings. The van der Waals surface area contributed by atoms with Crippen molar-refractivity contribution < 1.29 is 4.79 Å². The molecule has 14 heavy (non-hydrogen) atoms. The second-order valence-corrected chi connectivity index (χ2v) is 4.45. The SMILES string of the molecule is CC(C)(C(N)=O)N1CCN(CS)CC1. The summed E-state index contributed by atoms with van der Waals surface area (Å²) in [7, 11) is 0. The Morgan fingerprint density at radius 2 is 1.86 bits per heavy atom. The molecule has 0 saturated carbocycles. The first-order chi connectivity index (χ1) is 6.48. The maximum atomic E-state index is 11.2. The molecule has 2 N–H and O–H groups in total. The van der Waals surface area contributed by atoms with Crippen LogP contribution >= 0.6 is 12.6 Å². The minimum Gasteiger partial charge on any atom is -0.368 e. The molecule has 1 fully saturated rings. The van der Waals surface area contributed by atoms with Crippen LogP contribution in [0.2, 0.25) is 0 Å². The molecular weight excluding hydrogens is 198 g/mol. The van der Waals surface area contributed by atoms with Gasteiger partial charge in [0.05, 0.1) is 5.54 Å². The van der Waals surface area contributed by atoms with Gasteiger partial charge in [0.2, 0.25) is 5.91 Å². The van der Waals surface area contributed by atoms with Crippen molar-refractivity contribution >= 4 is 18.5 Å². The Morgan fingerprint density at radius 3 is 2.21 bits per heavy atom. The molecule has 82 valence electrons. The number of piperazine rings is 1. The fraction of sp³-hybridized carbons (Fsp3) is 0.889. The van der Waals surface area contributed by atoms with E-state index in [-0.39, 0.29) is 5.91 Å². The highest BCUT2D eigenvalue weighted by Crippen LogP contribution is 2.16. The molecule has 1 rings (SSSR count). The predicted octanol–water partition coefficient (Wildman–Crippen LogP) is -0.245. The van der Waals surface area contributed by atoms with Gasteiger partial charge in [-0.15, -0.1) is 0 Å². The standard InChI is InChI=1S/C9H19N3OS/c1-9(2,8(10)13)12-5-3-11(7-14)4-6-12/h14H,3-7H2,1-2H3,(H2,10,13). The molecule has 1 heterocycles. The molecule has 0 aliphatic carbocycles. The Morgan fingerprint density at radius 1 is 1.36 bits per heavy atom. The molecule has 0 radical (unpaired) electrons. The number of nitrogens with zero attached hydrogens (tertiary/aromatic N) is 2. The fourth-order valence-electron chi connectivity index (χ4n) is 1.60. The van der Waals surface area contributed by atoms with Crippen LogP contribution in [-0.4, -0.2) is 53.3 Å². The average molecular weight is 217 g/mol. The zero-order chi connectivity index (χ0) is 10.8. The van der Waals surface area contributed by atoms with Gasteiger partial charge in [0.1, 0.15) is 0 Å². The van der Waals surface area contributed by atoms with Crippen LogP contribution in [0.1, 0.15) is 13.8 Å². The zero-order valence-electron chi connectivity index (χ0n) is 8.86. The Labute approximate surface area is 90.8 Å². The molecule has 4 nitrogen and oxygen atoms in total. The van der Waals surface area contributed by atoms with Gasteiger partial charge in [-0.3, -0.25) is 14.6 Å². The quantitative estimate of drug-likeness (QED) is 0.641. The summed E-state index contributed by atoms with van der Waals surface area (Å²) in [6.07, 6.45) is 0. The van der Waals surface area contributed by atoms with E-state index in [0.717, 1.165) is 32.1 Å². The van der Waals surface area contributed by atoms with Crippen LogP contribution in [0, 0.1) is 0 Å². The van der Waals surface area contributed by atoms with Crippen molar-refractivity contribution in [1.29, 1.82) is 0 Å². The van der Waals surface area contributed by atoms with E-state index in [4.69, 9.17) is 5.73 Å². The molecule has 1 saturated heterocycles. The lowest BCUT2D eigenvalue weighted by Gasteiger charge is -2.41. The number of nitrogens with two attached hydrogens (primary N) is 1. The van der Waals surface area contributed by atoms with Gasteiger partial charge in [0.15, 0.2) is 0 Å². The molecule has 0 bridgehead atoms. The first-order valence-electron chi connectivity index (χ1n) is 4.86. The highest BCUT2D eigenvalue weighted by molar-refractivity contribution is 7.80. The molecule has 1 aliphatic rings. The maximum absolute atomic E-state index is 11.2. The number of hydrogen-bond donors (Lipinski definition) is 2. The van der Waals surface area contributed by atoms with E-state index < -0.39 is 5.54 Å². The van der Waals surface area contributed by atoms with Crippen LogP contribution in [0.3, 0.4) is 0 Å². The third-order valence-corrected chi connectivity index (χ3v) is 3.37. The fourth-order valence-corrected chi connectivity index (χ4v) is 1.89. The number of rotatable bonds is 3. The predicted molar refractivity (Wildman–Crippen MR) is 60.3 cm³/mol. The average Bonchev–Trinajstić information content (AvgIpc) is 2.17. The van der Waals surface area contributed by atoms with Gasteiger partial charge in [-0.2, -0.15) is 12.6 Å². The van der Waals surface area contributed by atoms with Gasteiger partial charge in [-0.1, -0.05) is 0 Å². The van der Waals surface area contributed by atoms with Crippen LogP contribution in [0.15, 0.2) is 0 Å². The lowest BCUT2D eigenvalue weighted by molar-refractivity contribution is -0.129. The van der Waals surface area contributed by atoms with Crippen molar-refractivity contribution in [3.63, 3.8) is 0 Å². The van der Waals surface area contributed by atoms with Crippen LogP contribution in [-0.2, 0) is 4.79 Å². The summed E-state index contributed by atoms with van der Waals surface area (Å²) in [6.45, 7) is 7.45. The van der Waals surface area contributed by atoms with Crippen molar-refractivity contribution in [2.24, 2.45) is 5.73 Å². The normalized spacial score (nSPS) is 21.1. The molecule has 0 unspecified atom stereocenters. The largest absolute Gasteiger partial charge is 0.368 e. The zero-order valence-corrected chi connectivity index (χ0v) is 9.76. The van der Waals surface area contributed by atoms with Crippen LogP contribution in [0.5, 0.6) is 0 Å². The lowest BCUT2D eigenvalue weighted by Crippen LogP contribution is -2.59. The summed E-state index contributed by atoms with van der Waals surface area (Å²) in [5, 5.41) is 0. The number of hydrogen-bond acceptors (Lipinski definition) is 4. The minimum atomic E-state index is -0.525. The molecule has 1 amide bonds. The van der Waals surface area contributed by atoms with Crippen LogP contribution in [0.25, 0.3) is 0 Å². The summed E-state index contributed by atoms with van der Waals surface area (Å²) in [5.74, 6) is 0.530. The van der Waals surface area contributed by atoms with Gasteiger partial charge in [-0.05, 0) is 13.8 Å². The highest BCUT2D eigenvalue weighted by Gasteiger charge is 2.34. The van der Waals surface area contributed by atoms with E-state index in [1.54, 1.807) is 0 Å². The monoisotopic (exact) mass is 217 g/mol. The Balaban J connectivity index is 2.53. The summed E-state index contributed by atoms with van der Waals surface area (Å²) in [6, 6.07) is 0. The van der Waals surface area contributed by atoms with Gasteiger partial charge in [-0.25, -0.2) is 0 Å². The van der Waals surface area contributed by atoms with Crippen molar-refractivity contribution in [3.05, 3.63) is 0 Å². The van der Waals surface area contributed by atoms with Crippen molar-refractivity contribution in [2.75, 3.05) is 32.1 Å². The Kier molecular flexibility index (Phi) is 3.80. The Hall–Kier alpha value is -0.260. The Bertz CT molecular complexity index is 212. The summed E-state index contributed by atoms with van der Waals surface area (Å²) >= 11 is 4.22. The topological polar surface area (TPSA) is 49.6 Å². The number of primary amides is 1. The smallest absolute Gasteiger partial charge is 0.237 e. The molecule has 0 aromatic heterocycles. The number of carbonyl (C=O) groups is 1. The molecule has 5 heteroatoms. The number of amides is 1. The van der Waals surface area contributed by atoms with E-state index in [1.165, 1.54) is 0 Å². The van der Waals surface area contributed by atoms with Crippen LogP contribution in [0.4, 0.5) is 0 Å². The molecule has 0 atom stereocenters. The summed E-state index contributed by atoms with van der Waals surface area (Å²) < 4.78 is 0. The van der Waals surface area contributed by atoms with Crippen molar-refractivity contribution in [1.82, 2.24) is 9.80 Å². The summed E-state index contributed by atoms with van der Waals surface area (Å²) in [5.41, 5.74) is 4.83. The number of thiol groups is 1. The minimum absolute atomic E-state index is 0.253. The molecule has 1 aliphatic heterocycles. The first kappa shape index (κ1) is 11.8. The summed E-state index contributed by atoms with van der Waals surface area (Å²) in [4.78, 5) is 15.6. The van der Waals surface area contributed by atoms with Crippen molar-refractivity contribution in [2.45, 2.75) is 19.4 Å². The lowest BCUT2D eigenvalue weighted by atomic mass is 10.0. The number of carbonyl (C=O) groups excluding carboxylic acids is 1. The van der Waals surface area contributed by atoms with E-state index in [1.807, 2.05) is 13.8 Å². The second-order valence-electron chi connectivity index (χ2n) is 4.17. The third kappa shape index (κ3) is 2.40. The van der Waals surface area contributed by atoms with Crippen molar-refractivity contribution in [3.8, 4) is 0 Å². The van der Waals surface area contributed by atoms with E-state index in [9.17, 15) is 4.79 Å². The molecule has 0 aromatic carbocycles. The van der Waals surface area contributed by atoms with E-state index >= 15 is 0 Å². The maximum Gasteiger partial charge on any atom is 0.237 e. The van der Waals surface area contributed by atoms with Gasteiger partial charge in [0, 0.05) is 32.1 Å². The molecule has 0 spiro atoms. The van der Waals surface area contributed by atoms with E-state index in [0.29, 0.717) is 0 Å². The highest BCUT2D eigenvalue weighted by atomic mass is 32.1.